The molecular weight excluding hydrogens is 376 g/mol. The minimum Gasteiger partial charge on any atom is -0.392 e. The van der Waals surface area contributed by atoms with Gasteiger partial charge >= 0.3 is 17.1 Å². The predicted molar refractivity (Wildman–Crippen MR) is 106 cm³/mol. The molecule has 0 amide bonds. The molecule has 27 heavy (non-hydrogen) atoms. The topological polar surface area (TPSA) is 45.0 Å². The van der Waals surface area contributed by atoms with E-state index in [0.717, 1.165) is 22.5 Å². The van der Waals surface area contributed by atoms with E-state index in [1.807, 2.05) is 86.0 Å². The van der Waals surface area contributed by atoms with E-state index in [-0.39, 0.29) is 23.7 Å². The number of rotatable bonds is 4. The Labute approximate surface area is 171 Å². The molecule has 3 nitrogen and oxygen atoms in total. The number of hydrogen-bond acceptors (Lipinski definition) is 3. The van der Waals surface area contributed by atoms with Gasteiger partial charge in [0, 0.05) is 0 Å². The summed E-state index contributed by atoms with van der Waals surface area (Å²) in [4.78, 5) is 0. The third-order valence-electron chi connectivity index (χ3n) is 3.80. The molecule has 3 aromatic carbocycles. The molecule has 1 aliphatic carbocycles. The Morgan fingerprint density at radius 3 is 2.30 bits per heavy atom. The maximum absolute atomic E-state index is 9.00. The second-order valence-electron chi connectivity index (χ2n) is 5.71. The first-order valence-electron chi connectivity index (χ1n) is 8.45. The van der Waals surface area contributed by atoms with E-state index in [1.54, 1.807) is 0 Å². The molecule has 1 N–H and O–H groups in total. The number of hydrogen-bond donors (Lipinski definition) is 1. The molecule has 0 bridgehead atoms. The van der Waals surface area contributed by atoms with Crippen LogP contribution in [0.25, 0.3) is 11.1 Å². The van der Waals surface area contributed by atoms with Crippen molar-refractivity contribution in [1.82, 2.24) is 0 Å². The van der Waals surface area contributed by atoms with E-state index < -0.39 is 0 Å². The quantitative estimate of drug-likeness (QED) is 0.321. The van der Waals surface area contributed by atoms with Crippen LogP contribution in [0.5, 0.6) is 0 Å². The maximum atomic E-state index is 9.00. The summed E-state index contributed by atoms with van der Waals surface area (Å²) in [5.41, 5.74) is 4.77. The molecule has 0 spiro atoms. The van der Waals surface area contributed by atoms with Crippen LogP contribution in [0.15, 0.2) is 95.2 Å². The minimum atomic E-state index is 0. The van der Waals surface area contributed by atoms with Gasteiger partial charge < -0.3 is 5.11 Å². The van der Waals surface area contributed by atoms with Gasteiger partial charge in [-0.15, -0.1) is 18.9 Å². The fourth-order valence-electron chi connectivity index (χ4n) is 2.42. The molecule has 0 saturated carbocycles. The number of benzene rings is 2. The Bertz CT molecular complexity index is 846. The number of aliphatic hydroxyl groups is 1. The van der Waals surface area contributed by atoms with Gasteiger partial charge in [-0.1, -0.05) is 35.9 Å². The zero-order valence-corrected chi connectivity index (χ0v) is 15.8. The largest absolute Gasteiger partial charge is 2.00 e. The third-order valence-corrected chi connectivity index (χ3v) is 3.80. The van der Waals surface area contributed by atoms with Crippen LogP contribution in [-0.4, -0.2) is 5.11 Å². The zero-order chi connectivity index (χ0) is 18.0. The fraction of sp³-hybridized carbons (Fsp3) is 0.0435. The van der Waals surface area contributed by atoms with Gasteiger partial charge in [0.2, 0.25) is 0 Å². The third kappa shape index (κ3) is 6.61. The van der Waals surface area contributed by atoms with Crippen molar-refractivity contribution in [2.24, 2.45) is 10.2 Å². The number of aliphatic hydroxyl groups excluding tert-OH is 1. The van der Waals surface area contributed by atoms with Gasteiger partial charge in [0.25, 0.3) is 0 Å². The van der Waals surface area contributed by atoms with E-state index >= 15 is 0 Å². The van der Waals surface area contributed by atoms with Crippen molar-refractivity contribution in [1.29, 1.82) is 0 Å². The standard InChI is InChI=1S/C18H15N2O.C5H5.Fe/c21-13-14-8-10-17(11-9-14)19-20-18-7-3-6-16(12-18)15-4-1-2-5-15;1-2-4-5-3-1;/h1-12,21H,13H2;1-5H;/q2*-1;+2. The van der Waals surface area contributed by atoms with Gasteiger partial charge in [0.1, 0.15) is 0 Å². The Balaban J connectivity index is 0.000000379. The fourth-order valence-corrected chi connectivity index (χ4v) is 2.42. The first kappa shape index (κ1) is 20.8. The van der Waals surface area contributed by atoms with Crippen LogP contribution >= 0.6 is 0 Å². The Morgan fingerprint density at radius 1 is 0.889 bits per heavy atom. The average Bonchev–Trinajstić information content (AvgIpc) is 3.43. The van der Waals surface area contributed by atoms with E-state index in [1.165, 1.54) is 5.56 Å². The molecule has 136 valence electrons. The van der Waals surface area contributed by atoms with E-state index in [0.29, 0.717) is 0 Å². The molecule has 4 heteroatoms. The van der Waals surface area contributed by atoms with Gasteiger partial charge in [0.05, 0.1) is 18.0 Å². The van der Waals surface area contributed by atoms with Crippen molar-refractivity contribution in [3.63, 3.8) is 0 Å². The molecular formula is C23H20FeN2O. The van der Waals surface area contributed by atoms with Gasteiger partial charge in [-0.05, 0) is 23.8 Å². The van der Waals surface area contributed by atoms with Crippen LogP contribution in [0, 0.1) is 19.3 Å². The molecule has 0 fully saturated rings. The minimum absolute atomic E-state index is 0. The number of allylic oxidation sites excluding steroid dienone is 2. The van der Waals surface area contributed by atoms with Gasteiger partial charge in [-0.2, -0.15) is 34.0 Å². The van der Waals surface area contributed by atoms with E-state index in [9.17, 15) is 0 Å². The summed E-state index contributed by atoms with van der Waals surface area (Å²) in [5.74, 6) is 0. The summed E-state index contributed by atoms with van der Waals surface area (Å²) >= 11 is 0. The summed E-state index contributed by atoms with van der Waals surface area (Å²) in [6.45, 7) is 0.0408. The molecule has 0 unspecified atom stereocenters. The molecule has 0 aromatic heterocycles. The molecule has 0 saturated heterocycles. The van der Waals surface area contributed by atoms with Crippen LogP contribution in [-0.2, 0) is 23.7 Å². The molecule has 0 aliphatic heterocycles. The van der Waals surface area contributed by atoms with Crippen LogP contribution in [0.1, 0.15) is 5.56 Å². The van der Waals surface area contributed by atoms with E-state index in [2.05, 4.69) is 28.4 Å². The number of nitrogens with zero attached hydrogens (tertiary/aromatic N) is 2. The average molecular weight is 396 g/mol. The second kappa shape index (κ2) is 11.2. The van der Waals surface area contributed by atoms with Gasteiger partial charge in [-0.25, -0.2) is 18.6 Å². The maximum Gasteiger partial charge on any atom is 2.00 e. The number of azo groups is 1. The van der Waals surface area contributed by atoms with Crippen molar-refractivity contribution in [3.8, 4) is 11.1 Å². The SMILES string of the molecule is OCc1ccc(N=Nc2cccc(-c3ccc[cH-]3)c2)cc1.[CH]1[CH][CH-]C=C1.[Fe+2]. The summed E-state index contributed by atoms with van der Waals surface area (Å²) in [6.07, 6.45) is 10.0. The molecule has 3 aromatic rings. The molecule has 0 heterocycles. The van der Waals surface area contributed by atoms with Crippen LogP contribution < -0.4 is 0 Å². The molecule has 4 rings (SSSR count). The van der Waals surface area contributed by atoms with Gasteiger partial charge in [0.15, 0.2) is 0 Å². The normalized spacial score (nSPS) is 12.2. The van der Waals surface area contributed by atoms with E-state index in [4.69, 9.17) is 5.11 Å². The molecule has 1 aliphatic rings. The first-order chi connectivity index (χ1) is 12.8. The van der Waals surface area contributed by atoms with Crippen molar-refractivity contribution >= 4 is 11.4 Å². The Kier molecular flexibility index (Phi) is 8.66. The van der Waals surface area contributed by atoms with Crippen LogP contribution in [0.2, 0.25) is 0 Å². The molecule has 0 atom stereocenters. The van der Waals surface area contributed by atoms with Crippen molar-refractivity contribution in [2.75, 3.05) is 0 Å². The molecule has 2 radical (unpaired) electrons. The summed E-state index contributed by atoms with van der Waals surface area (Å²) in [7, 11) is 0. The Morgan fingerprint density at radius 2 is 1.70 bits per heavy atom. The Hall–Kier alpha value is -2.52. The summed E-state index contributed by atoms with van der Waals surface area (Å²) < 4.78 is 0. The summed E-state index contributed by atoms with van der Waals surface area (Å²) in [6, 6.07) is 23.5. The van der Waals surface area contributed by atoms with Crippen LogP contribution in [0.3, 0.4) is 0 Å². The smallest absolute Gasteiger partial charge is 0.392 e. The van der Waals surface area contributed by atoms with Crippen LogP contribution in [0.4, 0.5) is 11.4 Å². The van der Waals surface area contributed by atoms with Crippen molar-refractivity contribution in [3.05, 3.63) is 110 Å². The van der Waals surface area contributed by atoms with Crippen molar-refractivity contribution < 1.29 is 22.2 Å². The van der Waals surface area contributed by atoms with Gasteiger partial charge in [-0.3, -0.25) is 0 Å². The monoisotopic (exact) mass is 396 g/mol. The first-order valence-corrected chi connectivity index (χ1v) is 8.45. The summed E-state index contributed by atoms with van der Waals surface area (Å²) in [5, 5.41) is 17.5. The van der Waals surface area contributed by atoms with Crippen molar-refractivity contribution in [2.45, 2.75) is 6.61 Å². The zero-order valence-electron chi connectivity index (χ0n) is 14.7. The second-order valence-corrected chi connectivity index (χ2v) is 5.71. The predicted octanol–water partition coefficient (Wildman–Crippen LogP) is 6.15.